The normalized spacial score (nSPS) is 25.7. The molecule has 0 aliphatic heterocycles. The van der Waals surface area contributed by atoms with Crippen LogP contribution in [0.4, 0.5) is 0 Å². The van der Waals surface area contributed by atoms with Crippen LogP contribution in [-0.2, 0) is 0 Å². The third kappa shape index (κ3) is 4.49. The summed E-state index contributed by atoms with van der Waals surface area (Å²) in [5, 5.41) is 30.2. The molecule has 5 nitrogen and oxygen atoms in total. The van der Waals surface area contributed by atoms with Crippen LogP contribution in [0.15, 0.2) is 42.7 Å². The van der Waals surface area contributed by atoms with E-state index in [1.807, 2.05) is 6.20 Å². The monoisotopic (exact) mass is 438 g/mol. The fourth-order valence-electron chi connectivity index (χ4n) is 4.37. The second-order valence-electron chi connectivity index (χ2n) is 8.79. The first-order valence-corrected chi connectivity index (χ1v) is 12.5. The maximum absolute atomic E-state index is 9.99. The van der Waals surface area contributed by atoms with Gasteiger partial charge in [0.15, 0.2) is 0 Å². The highest BCUT2D eigenvalue weighted by atomic mass is 31.1. The molecule has 0 bridgehead atoms. The number of aromatic nitrogens is 2. The molecular weight excluding hydrogens is 407 g/mol. The predicted molar refractivity (Wildman–Crippen MR) is 125 cm³/mol. The van der Waals surface area contributed by atoms with Crippen LogP contribution in [0.5, 0.6) is 0 Å². The summed E-state index contributed by atoms with van der Waals surface area (Å²) in [6, 6.07) is 8.74. The number of benzene rings is 1. The summed E-state index contributed by atoms with van der Waals surface area (Å²) in [6.45, 7) is 3.96. The Morgan fingerprint density at radius 3 is 2.58 bits per heavy atom. The lowest BCUT2D eigenvalue weighted by atomic mass is 9.78. The van der Waals surface area contributed by atoms with E-state index in [0.717, 1.165) is 30.7 Å². The molecule has 3 N–H and O–H groups in total. The quantitative estimate of drug-likeness (QED) is 0.456. The zero-order chi connectivity index (χ0) is 22.0. The maximum Gasteiger partial charge on any atom is 0.137 e. The summed E-state index contributed by atoms with van der Waals surface area (Å²) in [6.07, 6.45) is 8.63. The van der Waals surface area contributed by atoms with Crippen molar-refractivity contribution in [3.05, 3.63) is 59.7 Å². The number of rotatable bonds is 7. The second kappa shape index (κ2) is 9.27. The van der Waals surface area contributed by atoms with E-state index in [9.17, 15) is 15.3 Å². The standard InChI is InChI=1S/C25H31N2O3P/c1-17(30)24-26-11-12-27(24)22-10-8-20(22)13-23(31-2)19-6-3-18(4-7-19)5-9-21-14-25(21,15-28)16-29/h3-4,6-7,11-13,17,20-22,28-31H,8,10,14-16H2,1-2H3/b23-13-/t17-,20?,21?,22?/m0/s1. The SMILES string of the molecule is CP/C(=C\C1CCC1n1ccnc1[C@H](C)O)c1ccc(C#CC2CC2(CO)CO)cc1. The van der Waals surface area contributed by atoms with Crippen LogP contribution in [-0.4, -0.2) is 44.7 Å². The van der Waals surface area contributed by atoms with Gasteiger partial charge < -0.3 is 19.9 Å². The van der Waals surface area contributed by atoms with Crippen molar-refractivity contribution in [2.75, 3.05) is 19.9 Å². The average molecular weight is 439 g/mol. The summed E-state index contributed by atoms with van der Waals surface area (Å²) in [4.78, 5) is 4.33. The Bertz CT molecular complexity index is 996. The molecule has 31 heavy (non-hydrogen) atoms. The third-order valence-electron chi connectivity index (χ3n) is 6.78. The molecule has 0 radical (unpaired) electrons. The van der Waals surface area contributed by atoms with Crippen molar-refractivity contribution in [3.8, 4) is 11.8 Å². The first kappa shape index (κ1) is 22.2. The van der Waals surface area contributed by atoms with Crippen LogP contribution < -0.4 is 0 Å². The average Bonchev–Trinajstić information content (AvgIpc) is 3.28. The Kier molecular flexibility index (Phi) is 6.65. The molecule has 0 amide bonds. The van der Waals surface area contributed by atoms with Crippen molar-refractivity contribution in [3.63, 3.8) is 0 Å². The Morgan fingerprint density at radius 1 is 1.29 bits per heavy atom. The van der Waals surface area contributed by atoms with Crippen LogP contribution in [0.2, 0.25) is 0 Å². The molecule has 1 heterocycles. The number of aliphatic hydroxyl groups is 3. The summed E-state index contributed by atoms with van der Waals surface area (Å²) in [7, 11) is 0.695. The Morgan fingerprint density at radius 2 is 2.03 bits per heavy atom. The Balaban J connectivity index is 1.46. The minimum absolute atomic E-state index is 0.00664. The highest BCUT2D eigenvalue weighted by Gasteiger charge is 2.52. The predicted octanol–water partition coefficient (Wildman–Crippen LogP) is 3.58. The fraction of sp³-hybridized carbons (Fsp3) is 0.480. The van der Waals surface area contributed by atoms with Crippen LogP contribution in [0.3, 0.4) is 0 Å². The van der Waals surface area contributed by atoms with E-state index < -0.39 is 11.5 Å². The molecule has 164 valence electrons. The zero-order valence-corrected chi connectivity index (χ0v) is 19.1. The van der Waals surface area contributed by atoms with Gasteiger partial charge in [-0.1, -0.05) is 38.6 Å². The number of aliphatic hydroxyl groups excluding tert-OH is 3. The third-order valence-corrected chi connectivity index (χ3v) is 7.77. The van der Waals surface area contributed by atoms with Crippen molar-refractivity contribution < 1.29 is 15.3 Å². The summed E-state index contributed by atoms with van der Waals surface area (Å²) < 4.78 is 2.14. The molecular formula is C25H31N2O3P. The smallest absolute Gasteiger partial charge is 0.137 e. The molecule has 1 aromatic heterocycles. The van der Waals surface area contributed by atoms with Crippen molar-refractivity contribution in [2.45, 2.75) is 38.3 Å². The van der Waals surface area contributed by atoms with Gasteiger partial charge in [0.2, 0.25) is 0 Å². The van der Waals surface area contributed by atoms with E-state index >= 15 is 0 Å². The number of allylic oxidation sites excluding steroid dienone is 1. The van der Waals surface area contributed by atoms with E-state index in [0.29, 0.717) is 20.5 Å². The number of hydrogen-bond donors (Lipinski definition) is 3. The van der Waals surface area contributed by atoms with E-state index in [1.165, 1.54) is 10.9 Å². The molecule has 4 rings (SSSR count). The lowest BCUT2D eigenvalue weighted by Crippen LogP contribution is -2.29. The van der Waals surface area contributed by atoms with Gasteiger partial charge in [-0.2, -0.15) is 0 Å². The van der Waals surface area contributed by atoms with Gasteiger partial charge in [-0.15, -0.1) is 0 Å². The van der Waals surface area contributed by atoms with Crippen molar-refractivity contribution in [1.82, 2.24) is 9.55 Å². The van der Waals surface area contributed by atoms with Gasteiger partial charge in [-0.3, -0.25) is 0 Å². The second-order valence-corrected chi connectivity index (χ2v) is 9.83. The van der Waals surface area contributed by atoms with E-state index in [1.54, 1.807) is 13.1 Å². The zero-order valence-electron chi connectivity index (χ0n) is 18.1. The van der Waals surface area contributed by atoms with Gasteiger partial charge in [0.25, 0.3) is 0 Å². The molecule has 2 aromatic rings. The highest BCUT2D eigenvalue weighted by molar-refractivity contribution is 7.49. The molecule has 6 heteroatoms. The molecule has 2 fully saturated rings. The highest BCUT2D eigenvalue weighted by Crippen LogP contribution is 2.51. The van der Waals surface area contributed by atoms with Crippen LogP contribution in [0.25, 0.3) is 5.31 Å². The molecule has 4 unspecified atom stereocenters. The lowest BCUT2D eigenvalue weighted by molar-refractivity contribution is 0.127. The molecule has 2 aliphatic rings. The first-order valence-electron chi connectivity index (χ1n) is 11.0. The Labute approximate surface area is 186 Å². The molecule has 2 aliphatic carbocycles. The van der Waals surface area contributed by atoms with Gasteiger partial charge in [-0.25, -0.2) is 4.98 Å². The Hall–Kier alpha value is -1.96. The molecule has 5 atom stereocenters. The van der Waals surface area contributed by atoms with Crippen molar-refractivity contribution >= 4 is 13.9 Å². The number of nitrogens with zero attached hydrogens (tertiary/aromatic N) is 2. The van der Waals surface area contributed by atoms with Crippen LogP contribution in [0, 0.1) is 29.1 Å². The van der Waals surface area contributed by atoms with Crippen molar-refractivity contribution in [1.29, 1.82) is 0 Å². The van der Waals surface area contributed by atoms with Gasteiger partial charge in [0.1, 0.15) is 11.9 Å². The fourth-order valence-corrected chi connectivity index (χ4v) is 5.21. The van der Waals surface area contributed by atoms with Gasteiger partial charge in [-0.05, 0) is 61.8 Å². The molecule has 2 saturated carbocycles. The largest absolute Gasteiger partial charge is 0.396 e. The van der Waals surface area contributed by atoms with E-state index in [-0.39, 0.29) is 19.1 Å². The van der Waals surface area contributed by atoms with Gasteiger partial charge in [0, 0.05) is 35.3 Å². The van der Waals surface area contributed by atoms with E-state index in [4.69, 9.17) is 0 Å². The van der Waals surface area contributed by atoms with E-state index in [2.05, 4.69) is 58.4 Å². The molecule has 0 saturated heterocycles. The van der Waals surface area contributed by atoms with Crippen LogP contribution >= 0.6 is 8.58 Å². The van der Waals surface area contributed by atoms with Crippen LogP contribution in [0.1, 0.15) is 55.3 Å². The van der Waals surface area contributed by atoms with Gasteiger partial charge in [0.05, 0.1) is 13.2 Å². The summed E-state index contributed by atoms with van der Waals surface area (Å²) in [5.74, 6) is 7.68. The van der Waals surface area contributed by atoms with Crippen molar-refractivity contribution in [2.24, 2.45) is 17.3 Å². The topological polar surface area (TPSA) is 78.5 Å². The number of imidazole rings is 1. The minimum Gasteiger partial charge on any atom is -0.396 e. The molecule has 1 aromatic carbocycles. The summed E-state index contributed by atoms with van der Waals surface area (Å²) in [5.41, 5.74) is 1.79. The number of hydrogen-bond acceptors (Lipinski definition) is 4. The maximum atomic E-state index is 9.99. The summed E-state index contributed by atoms with van der Waals surface area (Å²) >= 11 is 0. The minimum atomic E-state index is -0.558. The first-order chi connectivity index (χ1) is 15.0. The lowest BCUT2D eigenvalue weighted by Gasteiger charge is -2.37. The van der Waals surface area contributed by atoms with Gasteiger partial charge >= 0.3 is 0 Å². The molecule has 0 spiro atoms.